The van der Waals surface area contributed by atoms with Crippen molar-refractivity contribution in [1.82, 2.24) is 9.55 Å². The van der Waals surface area contributed by atoms with E-state index in [1.807, 2.05) is 37.3 Å². The first-order valence-electron chi connectivity index (χ1n) is 10.2. The van der Waals surface area contributed by atoms with Gasteiger partial charge in [0.25, 0.3) is 5.56 Å². The highest BCUT2D eigenvalue weighted by molar-refractivity contribution is 7.99. The molecule has 168 valence electrons. The smallest absolute Gasteiger partial charge is 0.266 e. The van der Waals surface area contributed by atoms with Crippen molar-refractivity contribution < 1.29 is 14.3 Å². The van der Waals surface area contributed by atoms with Gasteiger partial charge in [0.15, 0.2) is 16.7 Å². The van der Waals surface area contributed by atoms with Gasteiger partial charge in [-0.25, -0.2) is 4.98 Å². The van der Waals surface area contributed by atoms with Crippen molar-refractivity contribution in [3.63, 3.8) is 0 Å². The van der Waals surface area contributed by atoms with Crippen molar-refractivity contribution in [1.29, 1.82) is 0 Å². The van der Waals surface area contributed by atoms with E-state index in [1.54, 1.807) is 43.5 Å². The first kappa shape index (κ1) is 22.4. The lowest BCUT2D eigenvalue weighted by molar-refractivity contribution is -0.113. The summed E-state index contributed by atoms with van der Waals surface area (Å²) in [6.45, 7) is 1.99. The number of para-hydroxylation sites is 1. The summed E-state index contributed by atoms with van der Waals surface area (Å²) in [5.74, 6) is 0.939. The molecule has 1 amide bonds. The van der Waals surface area contributed by atoms with E-state index < -0.39 is 0 Å². The molecule has 8 heteroatoms. The van der Waals surface area contributed by atoms with Gasteiger partial charge >= 0.3 is 0 Å². The number of nitrogens with one attached hydrogen (secondary N) is 1. The lowest BCUT2D eigenvalue weighted by Gasteiger charge is -2.15. The van der Waals surface area contributed by atoms with Gasteiger partial charge in [0.1, 0.15) is 0 Å². The van der Waals surface area contributed by atoms with E-state index in [1.165, 1.54) is 23.4 Å². The maximum Gasteiger partial charge on any atom is 0.266 e. The number of thioether (sulfide) groups is 1. The number of aryl methyl sites for hydroxylation is 1. The lowest BCUT2D eigenvalue weighted by atomic mass is 10.2. The SMILES string of the molecule is COc1ccc(-n2c(SCC(=O)Nc3ccc(C)cc3)nc3ccccc3c2=O)cc1OC. The molecule has 3 aromatic carbocycles. The minimum atomic E-state index is -0.228. The van der Waals surface area contributed by atoms with Crippen LogP contribution in [0.5, 0.6) is 11.5 Å². The molecule has 0 bridgehead atoms. The second-order valence-electron chi connectivity index (χ2n) is 7.29. The van der Waals surface area contributed by atoms with Gasteiger partial charge in [0.2, 0.25) is 5.91 Å². The summed E-state index contributed by atoms with van der Waals surface area (Å²) in [5, 5.41) is 3.77. The number of carbonyl (C=O) groups excluding carboxylic acids is 1. The summed E-state index contributed by atoms with van der Waals surface area (Å²) in [7, 11) is 3.09. The molecule has 0 saturated carbocycles. The number of fused-ring (bicyclic) bond motifs is 1. The molecule has 7 nitrogen and oxygen atoms in total. The normalized spacial score (nSPS) is 10.8. The zero-order chi connectivity index (χ0) is 23.4. The highest BCUT2D eigenvalue weighted by Gasteiger charge is 2.16. The molecule has 1 heterocycles. The minimum absolute atomic E-state index is 0.0892. The maximum absolute atomic E-state index is 13.4. The van der Waals surface area contributed by atoms with Crippen LogP contribution in [-0.4, -0.2) is 35.4 Å². The van der Waals surface area contributed by atoms with Gasteiger partial charge < -0.3 is 14.8 Å². The van der Waals surface area contributed by atoms with E-state index in [4.69, 9.17) is 9.47 Å². The summed E-state index contributed by atoms with van der Waals surface area (Å²) >= 11 is 1.19. The van der Waals surface area contributed by atoms with E-state index in [9.17, 15) is 9.59 Å². The Hall–Kier alpha value is -3.78. The van der Waals surface area contributed by atoms with Crippen molar-refractivity contribution in [2.75, 3.05) is 25.3 Å². The zero-order valence-electron chi connectivity index (χ0n) is 18.5. The summed E-state index contributed by atoms with van der Waals surface area (Å²) in [6.07, 6.45) is 0. The van der Waals surface area contributed by atoms with Crippen molar-refractivity contribution >= 4 is 34.3 Å². The summed E-state index contributed by atoms with van der Waals surface area (Å²) in [5.41, 5.74) is 2.74. The molecule has 0 fully saturated rings. The summed E-state index contributed by atoms with van der Waals surface area (Å²) < 4.78 is 12.2. The molecule has 0 atom stereocenters. The molecule has 0 aliphatic rings. The molecular formula is C25H23N3O4S. The molecule has 4 rings (SSSR count). The molecule has 0 unspecified atom stereocenters. The van der Waals surface area contributed by atoms with Gasteiger partial charge in [-0.3, -0.25) is 14.2 Å². The molecule has 0 radical (unpaired) electrons. The Morgan fingerprint density at radius 1 is 1.00 bits per heavy atom. The highest BCUT2D eigenvalue weighted by atomic mass is 32.2. The Kier molecular flexibility index (Phi) is 6.65. The van der Waals surface area contributed by atoms with E-state index >= 15 is 0 Å². The Morgan fingerprint density at radius 2 is 1.73 bits per heavy atom. The van der Waals surface area contributed by atoms with Crippen molar-refractivity contribution in [2.24, 2.45) is 0 Å². The van der Waals surface area contributed by atoms with E-state index in [2.05, 4.69) is 10.3 Å². The Bertz CT molecular complexity index is 1370. The van der Waals surface area contributed by atoms with Gasteiger partial charge in [-0.2, -0.15) is 0 Å². The monoisotopic (exact) mass is 461 g/mol. The van der Waals surface area contributed by atoms with Crippen LogP contribution in [-0.2, 0) is 4.79 Å². The van der Waals surface area contributed by atoms with Crippen LogP contribution >= 0.6 is 11.8 Å². The average molecular weight is 462 g/mol. The number of nitrogens with zero attached hydrogens (tertiary/aromatic N) is 2. The number of hydrogen-bond donors (Lipinski definition) is 1. The van der Waals surface area contributed by atoms with Crippen molar-refractivity contribution in [2.45, 2.75) is 12.1 Å². The third-order valence-corrected chi connectivity index (χ3v) is 5.98. The van der Waals surface area contributed by atoms with Gasteiger partial charge in [-0.1, -0.05) is 41.6 Å². The molecule has 33 heavy (non-hydrogen) atoms. The Balaban J connectivity index is 1.70. The van der Waals surface area contributed by atoms with Gasteiger partial charge in [-0.05, 0) is 43.3 Å². The minimum Gasteiger partial charge on any atom is -0.493 e. The molecule has 1 N–H and O–H groups in total. The van der Waals surface area contributed by atoms with E-state index in [-0.39, 0.29) is 17.2 Å². The highest BCUT2D eigenvalue weighted by Crippen LogP contribution is 2.30. The van der Waals surface area contributed by atoms with E-state index in [0.717, 1.165) is 11.3 Å². The number of rotatable bonds is 7. The van der Waals surface area contributed by atoms with Crippen LogP contribution in [0.25, 0.3) is 16.6 Å². The predicted molar refractivity (Wildman–Crippen MR) is 131 cm³/mol. The van der Waals surface area contributed by atoms with Crippen LogP contribution in [0.1, 0.15) is 5.56 Å². The third kappa shape index (κ3) is 4.85. The number of methoxy groups -OCH3 is 2. The van der Waals surface area contributed by atoms with Crippen LogP contribution in [0.3, 0.4) is 0 Å². The fraction of sp³-hybridized carbons (Fsp3) is 0.160. The Labute approximate surface area is 195 Å². The first-order chi connectivity index (χ1) is 16.0. The molecule has 4 aromatic rings. The first-order valence-corrected chi connectivity index (χ1v) is 11.2. The van der Waals surface area contributed by atoms with Crippen molar-refractivity contribution in [3.8, 4) is 17.2 Å². The van der Waals surface area contributed by atoms with Crippen LogP contribution < -0.4 is 20.3 Å². The van der Waals surface area contributed by atoms with Crippen molar-refractivity contribution in [3.05, 3.63) is 82.6 Å². The van der Waals surface area contributed by atoms with Crippen LogP contribution in [0.4, 0.5) is 5.69 Å². The fourth-order valence-corrected chi connectivity index (χ4v) is 4.18. The molecular weight excluding hydrogens is 438 g/mol. The van der Waals surface area contributed by atoms with Gasteiger partial charge in [0, 0.05) is 11.8 Å². The lowest BCUT2D eigenvalue weighted by Crippen LogP contribution is -2.23. The van der Waals surface area contributed by atoms with Crippen LogP contribution in [0.2, 0.25) is 0 Å². The second kappa shape index (κ2) is 9.79. The summed E-state index contributed by atoms with van der Waals surface area (Å²) in [6, 6.07) is 19.9. The standard InChI is InChI=1S/C25H23N3O4S/c1-16-8-10-17(11-9-16)26-23(29)15-33-25-27-20-7-5-4-6-19(20)24(30)28(25)18-12-13-21(31-2)22(14-18)32-3/h4-14H,15H2,1-3H3,(H,26,29). The maximum atomic E-state index is 13.4. The topological polar surface area (TPSA) is 82.5 Å². The molecule has 0 saturated heterocycles. The van der Waals surface area contributed by atoms with Crippen LogP contribution in [0.15, 0.2) is 76.7 Å². The number of anilines is 1. The van der Waals surface area contributed by atoms with Gasteiger partial charge in [-0.15, -0.1) is 0 Å². The van der Waals surface area contributed by atoms with Gasteiger partial charge in [0.05, 0.1) is 36.6 Å². The predicted octanol–water partition coefficient (Wildman–Crippen LogP) is 4.44. The molecule has 0 aliphatic carbocycles. The van der Waals surface area contributed by atoms with Crippen LogP contribution in [0, 0.1) is 6.92 Å². The number of aromatic nitrogens is 2. The number of carbonyl (C=O) groups is 1. The quantitative estimate of drug-likeness (QED) is 0.324. The number of ether oxygens (including phenoxy) is 2. The largest absolute Gasteiger partial charge is 0.493 e. The van der Waals surface area contributed by atoms with E-state index in [0.29, 0.717) is 33.2 Å². The number of amides is 1. The second-order valence-corrected chi connectivity index (χ2v) is 8.24. The average Bonchev–Trinajstić information content (AvgIpc) is 2.84. The molecule has 0 spiro atoms. The summed E-state index contributed by atoms with van der Waals surface area (Å²) in [4.78, 5) is 30.7. The number of hydrogen-bond acceptors (Lipinski definition) is 6. The molecule has 1 aromatic heterocycles. The molecule has 0 aliphatic heterocycles. The fourth-order valence-electron chi connectivity index (χ4n) is 3.36. The number of benzene rings is 3. The zero-order valence-corrected chi connectivity index (χ0v) is 19.3. The Morgan fingerprint density at radius 3 is 2.45 bits per heavy atom. The third-order valence-electron chi connectivity index (χ3n) is 5.04.